The summed E-state index contributed by atoms with van der Waals surface area (Å²) in [4.78, 5) is 4.27. The lowest BCUT2D eigenvalue weighted by Crippen LogP contribution is -2.31. The van der Waals surface area contributed by atoms with E-state index in [9.17, 15) is 4.21 Å². The number of aliphatic imine (C=N–C) groups is 1. The van der Waals surface area contributed by atoms with Gasteiger partial charge in [-0.3, -0.25) is 9.20 Å². The van der Waals surface area contributed by atoms with Crippen LogP contribution in [-0.2, 0) is 10.8 Å². The van der Waals surface area contributed by atoms with Crippen molar-refractivity contribution in [3.63, 3.8) is 0 Å². The lowest BCUT2D eigenvalue weighted by molar-refractivity contribution is 0.673. The molecule has 0 saturated carbocycles. The Hall–Kier alpha value is -0.380. The van der Waals surface area contributed by atoms with Crippen LogP contribution in [0.15, 0.2) is 4.99 Å². The normalized spacial score (nSPS) is 21.7. The van der Waals surface area contributed by atoms with E-state index in [4.69, 9.17) is 0 Å². The first kappa shape index (κ1) is 9.71. The molecule has 0 amide bonds. The highest BCUT2D eigenvalue weighted by Crippen LogP contribution is 2.01. The average molecular weight is 188 g/mol. The molecular weight excluding hydrogens is 172 g/mol. The molecule has 0 fully saturated rings. The van der Waals surface area contributed by atoms with Crippen LogP contribution < -0.4 is 5.32 Å². The summed E-state index contributed by atoms with van der Waals surface area (Å²) in [6.07, 6.45) is 3.96. The first-order chi connectivity index (χ1) is 5.70. The molecule has 3 nitrogen and oxygen atoms in total. The molecule has 0 saturated heterocycles. The Bertz CT molecular complexity index is 203. The maximum atomic E-state index is 11.0. The summed E-state index contributed by atoms with van der Waals surface area (Å²) in [5.74, 6) is 1.09. The molecule has 0 aromatic heterocycles. The third-order valence-electron chi connectivity index (χ3n) is 2.03. The highest BCUT2D eigenvalue weighted by Gasteiger charge is 2.09. The molecule has 1 aliphatic heterocycles. The number of nitrogens with one attached hydrogen (secondary N) is 1. The van der Waals surface area contributed by atoms with Crippen LogP contribution in [0.5, 0.6) is 0 Å². The van der Waals surface area contributed by atoms with Gasteiger partial charge in [0.15, 0.2) is 0 Å². The monoisotopic (exact) mass is 188 g/mol. The fourth-order valence-corrected chi connectivity index (χ4v) is 1.38. The van der Waals surface area contributed by atoms with Gasteiger partial charge in [-0.25, -0.2) is 0 Å². The van der Waals surface area contributed by atoms with Crippen LogP contribution in [0.2, 0.25) is 0 Å². The van der Waals surface area contributed by atoms with Gasteiger partial charge in [-0.05, 0) is 13.3 Å². The molecule has 2 atom stereocenters. The van der Waals surface area contributed by atoms with E-state index in [1.54, 1.807) is 6.26 Å². The maximum Gasteiger partial charge on any atom is 0.0964 e. The van der Waals surface area contributed by atoms with Crippen molar-refractivity contribution in [2.45, 2.75) is 25.0 Å². The number of nitrogens with zero attached hydrogens (tertiary/aromatic N) is 1. The molecule has 0 aromatic carbocycles. The first-order valence-corrected chi connectivity index (χ1v) is 5.91. The predicted octanol–water partition coefficient (Wildman–Crippen LogP) is 0.535. The summed E-state index contributed by atoms with van der Waals surface area (Å²) in [5.41, 5.74) is 0. The highest BCUT2D eigenvalue weighted by molar-refractivity contribution is 7.84. The Morgan fingerprint density at radius 1 is 1.75 bits per heavy atom. The molecule has 70 valence electrons. The van der Waals surface area contributed by atoms with Crippen molar-refractivity contribution >= 4 is 16.6 Å². The van der Waals surface area contributed by atoms with E-state index in [1.807, 2.05) is 6.92 Å². The largest absolute Gasteiger partial charge is 0.373 e. The van der Waals surface area contributed by atoms with E-state index in [2.05, 4.69) is 10.3 Å². The van der Waals surface area contributed by atoms with E-state index >= 15 is 0 Å². The van der Waals surface area contributed by atoms with Crippen LogP contribution in [0.1, 0.15) is 19.8 Å². The number of hydrogen-bond acceptors (Lipinski definition) is 3. The van der Waals surface area contributed by atoms with E-state index in [-0.39, 0.29) is 5.25 Å². The Morgan fingerprint density at radius 2 is 2.50 bits per heavy atom. The standard InChI is InChI=1S/C8H16N2OS/c1-7(12(2)11)6-10-8-4-3-5-9-8/h7H,3-6H2,1-2H3,(H,9,10). The Kier molecular flexibility index (Phi) is 3.72. The van der Waals surface area contributed by atoms with Crippen LogP contribution in [0, 0.1) is 0 Å². The zero-order chi connectivity index (χ0) is 8.97. The highest BCUT2D eigenvalue weighted by atomic mass is 32.2. The van der Waals surface area contributed by atoms with Crippen molar-refractivity contribution in [2.75, 3.05) is 19.3 Å². The fraction of sp³-hybridized carbons (Fsp3) is 0.875. The van der Waals surface area contributed by atoms with Crippen molar-refractivity contribution in [2.24, 2.45) is 4.99 Å². The minimum atomic E-state index is -0.728. The van der Waals surface area contributed by atoms with Crippen molar-refractivity contribution in [3.05, 3.63) is 0 Å². The quantitative estimate of drug-likeness (QED) is 0.702. The van der Waals surface area contributed by atoms with E-state index in [0.29, 0.717) is 0 Å². The van der Waals surface area contributed by atoms with E-state index < -0.39 is 10.8 Å². The Labute approximate surface area is 76.1 Å². The summed E-state index contributed by atoms with van der Waals surface area (Å²) in [6, 6.07) is 0. The minimum Gasteiger partial charge on any atom is -0.373 e. The summed E-state index contributed by atoms with van der Waals surface area (Å²) >= 11 is 0. The molecular formula is C8H16N2OS. The predicted molar refractivity (Wildman–Crippen MR) is 53.1 cm³/mol. The van der Waals surface area contributed by atoms with Gasteiger partial charge in [-0.15, -0.1) is 0 Å². The second-order valence-electron chi connectivity index (χ2n) is 3.12. The van der Waals surface area contributed by atoms with Gasteiger partial charge in [-0.1, -0.05) is 0 Å². The summed E-state index contributed by atoms with van der Waals surface area (Å²) in [6.45, 7) is 3.71. The molecule has 1 rings (SSSR count). The number of rotatable bonds is 3. The Balaban J connectivity index is 2.20. The third-order valence-corrected chi connectivity index (χ3v) is 3.33. The van der Waals surface area contributed by atoms with Crippen molar-refractivity contribution in [1.82, 2.24) is 5.32 Å². The molecule has 1 N–H and O–H groups in total. The van der Waals surface area contributed by atoms with Crippen LogP contribution in [0.3, 0.4) is 0 Å². The van der Waals surface area contributed by atoms with Gasteiger partial charge in [0.25, 0.3) is 0 Å². The van der Waals surface area contributed by atoms with E-state index in [0.717, 1.165) is 31.8 Å². The van der Waals surface area contributed by atoms with Gasteiger partial charge in [0, 0.05) is 41.8 Å². The molecule has 0 radical (unpaired) electrons. The van der Waals surface area contributed by atoms with Gasteiger partial charge >= 0.3 is 0 Å². The summed E-state index contributed by atoms with van der Waals surface area (Å²) in [5, 5.41) is 3.44. The third kappa shape index (κ3) is 2.93. The van der Waals surface area contributed by atoms with Crippen LogP contribution >= 0.6 is 0 Å². The smallest absolute Gasteiger partial charge is 0.0964 e. The lowest BCUT2D eigenvalue weighted by Gasteiger charge is -2.10. The molecule has 12 heavy (non-hydrogen) atoms. The van der Waals surface area contributed by atoms with Crippen LogP contribution in [-0.4, -0.2) is 34.6 Å². The molecule has 4 heteroatoms. The summed E-state index contributed by atoms with van der Waals surface area (Å²) < 4.78 is 11.0. The first-order valence-electron chi connectivity index (χ1n) is 4.29. The van der Waals surface area contributed by atoms with Gasteiger partial charge in [0.2, 0.25) is 0 Å². The molecule has 1 heterocycles. The van der Waals surface area contributed by atoms with Crippen molar-refractivity contribution in [1.29, 1.82) is 0 Å². The molecule has 0 aliphatic carbocycles. The van der Waals surface area contributed by atoms with Crippen LogP contribution in [0.25, 0.3) is 0 Å². The molecule has 0 bridgehead atoms. The second kappa shape index (κ2) is 4.60. The summed E-state index contributed by atoms with van der Waals surface area (Å²) in [7, 11) is -0.728. The zero-order valence-corrected chi connectivity index (χ0v) is 8.49. The van der Waals surface area contributed by atoms with Gasteiger partial charge in [0.1, 0.15) is 0 Å². The maximum absolute atomic E-state index is 11.0. The second-order valence-corrected chi connectivity index (χ2v) is 4.92. The van der Waals surface area contributed by atoms with E-state index in [1.165, 1.54) is 0 Å². The molecule has 1 aliphatic rings. The molecule has 0 aromatic rings. The molecule has 0 spiro atoms. The lowest BCUT2D eigenvalue weighted by atomic mass is 10.3. The van der Waals surface area contributed by atoms with Crippen LogP contribution in [0.4, 0.5) is 0 Å². The van der Waals surface area contributed by atoms with Crippen molar-refractivity contribution < 1.29 is 4.21 Å². The SMILES string of the molecule is CC(CNC1=NCCC1)S(C)=O. The van der Waals surface area contributed by atoms with Gasteiger partial charge in [-0.2, -0.15) is 0 Å². The number of amidine groups is 1. The number of hydrogen-bond donors (Lipinski definition) is 1. The topological polar surface area (TPSA) is 41.5 Å². The van der Waals surface area contributed by atoms with Crippen molar-refractivity contribution in [3.8, 4) is 0 Å². The zero-order valence-electron chi connectivity index (χ0n) is 7.67. The van der Waals surface area contributed by atoms with Gasteiger partial charge in [0.05, 0.1) is 5.84 Å². The fourth-order valence-electron chi connectivity index (χ4n) is 1.06. The molecule has 2 unspecified atom stereocenters. The average Bonchev–Trinajstić information content (AvgIpc) is 2.51. The Morgan fingerprint density at radius 3 is 3.00 bits per heavy atom. The minimum absolute atomic E-state index is 0.216. The van der Waals surface area contributed by atoms with Gasteiger partial charge < -0.3 is 5.32 Å².